The van der Waals surface area contributed by atoms with Crippen LogP contribution < -0.4 is 0 Å². The molecule has 1 rings (SSSR count). The van der Waals surface area contributed by atoms with Crippen molar-refractivity contribution in [3.05, 3.63) is 17.0 Å². The van der Waals surface area contributed by atoms with Gasteiger partial charge in [-0.05, 0) is 20.8 Å². The average molecular weight is 253 g/mol. The molecular formula is C12H19N3O3. The van der Waals surface area contributed by atoms with Crippen molar-refractivity contribution in [2.24, 2.45) is 7.05 Å². The highest BCUT2D eigenvalue weighted by molar-refractivity contribution is 5.96. The number of hydrogen-bond donors (Lipinski definition) is 1. The molecule has 1 atom stereocenters. The summed E-state index contributed by atoms with van der Waals surface area (Å²) in [5.41, 5.74) is 2.00. The zero-order valence-corrected chi connectivity index (χ0v) is 11.4. The zero-order valence-electron chi connectivity index (χ0n) is 11.4. The lowest BCUT2D eigenvalue weighted by Crippen LogP contribution is -2.37. The SMILES string of the molecule is Cc1nn(C)c(C)c1C(=O)N(C)C(C)CC(=O)O. The molecule has 0 aliphatic rings. The van der Waals surface area contributed by atoms with E-state index in [1.54, 1.807) is 32.6 Å². The van der Waals surface area contributed by atoms with Crippen molar-refractivity contribution < 1.29 is 14.7 Å². The summed E-state index contributed by atoms with van der Waals surface area (Å²) < 4.78 is 1.65. The Morgan fingerprint density at radius 3 is 2.39 bits per heavy atom. The fourth-order valence-corrected chi connectivity index (χ4v) is 1.85. The maximum Gasteiger partial charge on any atom is 0.305 e. The van der Waals surface area contributed by atoms with E-state index in [9.17, 15) is 9.59 Å². The molecule has 1 amide bonds. The van der Waals surface area contributed by atoms with Gasteiger partial charge in [-0.2, -0.15) is 5.10 Å². The Morgan fingerprint density at radius 1 is 1.44 bits per heavy atom. The van der Waals surface area contributed by atoms with Crippen LogP contribution in [0.2, 0.25) is 0 Å². The number of carbonyl (C=O) groups is 2. The van der Waals surface area contributed by atoms with Gasteiger partial charge in [-0.25, -0.2) is 0 Å². The highest BCUT2D eigenvalue weighted by Crippen LogP contribution is 2.16. The first-order valence-corrected chi connectivity index (χ1v) is 5.74. The maximum absolute atomic E-state index is 12.3. The molecule has 6 heteroatoms. The fraction of sp³-hybridized carbons (Fsp3) is 0.583. The van der Waals surface area contributed by atoms with Gasteiger partial charge in [-0.3, -0.25) is 14.3 Å². The Morgan fingerprint density at radius 2 is 2.00 bits per heavy atom. The van der Waals surface area contributed by atoms with Crippen LogP contribution in [0.15, 0.2) is 0 Å². The molecule has 100 valence electrons. The summed E-state index contributed by atoms with van der Waals surface area (Å²) in [5, 5.41) is 12.9. The maximum atomic E-state index is 12.3. The number of rotatable bonds is 4. The van der Waals surface area contributed by atoms with E-state index in [0.29, 0.717) is 11.3 Å². The lowest BCUT2D eigenvalue weighted by Gasteiger charge is -2.23. The van der Waals surface area contributed by atoms with Crippen LogP contribution in [0.25, 0.3) is 0 Å². The second-order valence-electron chi connectivity index (χ2n) is 4.53. The first kappa shape index (κ1) is 14.2. The van der Waals surface area contributed by atoms with E-state index in [2.05, 4.69) is 5.10 Å². The monoisotopic (exact) mass is 253 g/mol. The molecule has 1 N–H and O–H groups in total. The molecule has 18 heavy (non-hydrogen) atoms. The van der Waals surface area contributed by atoms with Crippen LogP contribution in [0.4, 0.5) is 0 Å². The highest BCUT2D eigenvalue weighted by atomic mass is 16.4. The largest absolute Gasteiger partial charge is 0.481 e. The van der Waals surface area contributed by atoms with Crippen molar-refractivity contribution >= 4 is 11.9 Å². The Balaban J connectivity index is 2.96. The molecule has 0 fully saturated rings. The predicted octanol–water partition coefficient (Wildman–Crippen LogP) is 0.972. The highest BCUT2D eigenvalue weighted by Gasteiger charge is 2.24. The lowest BCUT2D eigenvalue weighted by molar-refractivity contribution is -0.137. The molecule has 1 unspecified atom stereocenters. The van der Waals surface area contributed by atoms with Gasteiger partial charge in [0.1, 0.15) is 0 Å². The van der Waals surface area contributed by atoms with Crippen LogP contribution in [-0.4, -0.2) is 44.8 Å². The topological polar surface area (TPSA) is 75.4 Å². The number of hydrogen-bond acceptors (Lipinski definition) is 3. The zero-order chi connectivity index (χ0) is 14.0. The van der Waals surface area contributed by atoms with Gasteiger partial charge >= 0.3 is 5.97 Å². The third-order valence-corrected chi connectivity index (χ3v) is 3.17. The van der Waals surface area contributed by atoms with Gasteiger partial charge in [0.2, 0.25) is 0 Å². The van der Waals surface area contributed by atoms with E-state index in [-0.39, 0.29) is 18.4 Å². The standard InChI is InChI=1S/C12H19N3O3/c1-7(6-10(16)17)14(4)12(18)11-8(2)13-15(5)9(11)3/h7H,6H2,1-5H3,(H,16,17). The quantitative estimate of drug-likeness (QED) is 0.867. The second kappa shape index (κ2) is 5.20. The van der Waals surface area contributed by atoms with Crippen molar-refractivity contribution in [2.45, 2.75) is 33.2 Å². The van der Waals surface area contributed by atoms with Crippen molar-refractivity contribution in [2.75, 3.05) is 7.05 Å². The van der Waals surface area contributed by atoms with Crippen LogP contribution in [0.3, 0.4) is 0 Å². The van der Waals surface area contributed by atoms with Gasteiger partial charge in [0, 0.05) is 25.8 Å². The second-order valence-corrected chi connectivity index (χ2v) is 4.53. The minimum absolute atomic E-state index is 0.0689. The normalized spacial score (nSPS) is 12.3. The molecule has 1 heterocycles. The number of amides is 1. The number of aliphatic carboxylic acids is 1. The molecule has 0 spiro atoms. The summed E-state index contributed by atoms with van der Waals surface area (Å²) in [6, 6.07) is -0.353. The Kier molecular flexibility index (Phi) is 4.11. The van der Waals surface area contributed by atoms with E-state index in [0.717, 1.165) is 5.69 Å². The number of carboxylic acid groups (broad SMARTS) is 1. The Bertz CT molecular complexity index is 479. The molecule has 0 bridgehead atoms. The molecular weight excluding hydrogens is 234 g/mol. The van der Waals surface area contributed by atoms with Gasteiger partial charge < -0.3 is 10.0 Å². The van der Waals surface area contributed by atoms with Crippen LogP contribution in [0, 0.1) is 13.8 Å². The first-order chi connectivity index (χ1) is 8.25. The third kappa shape index (κ3) is 2.69. The average Bonchev–Trinajstić information content (AvgIpc) is 2.50. The van der Waals surface area contributed by atoms with Gasteiger partial charge in [-0.15, -0.1) is 0 Å². The first-order valence-electron chi connectivity index (χ1n) is 5.74. The molecule has 1 aromatic heterocycles. The van der Waals surface area contributed by atoms with Crippen molar-refractivity contribution in [3.8, 4) is 0 Å². The van der Waals surface area contributed by atoms with E-state index >= 15 is 0 Å². The van der Waals surface area contributed by atoms with Crippen LogP contribution in [-0.2, 0) is 11.8 Å². The van der Waals surface area contributed by atoms with Gasteiger partial charge in [0.15, 0.2) is 0 Å². The molecule has 6 nitrogen and oxygen atoms in total. The summed E-state index contributed by atoms with van der Waals surface area (Å²) in [6.45, 7) is 5.31. The van der Waals surface area contributed by atoms with Crippen LogP contribution in [0.5, 0.6) is 0 Å². The Labute approximate surface area is 106 Å². The molecule has 0 aliphatic carbocycles. The molecule has 0 aromatic carbocycles. The predicted molar refractivity (Wildman–Crippen MR) is 66.5 cm³/mol. The van der Waals surface area contributed by atoms with Crippen molar-refractivity contribution in [3.63, 3.8) is 0 Å². The third-order valence-electron chi connectivity index (χ3n) is 3.17. The number of nitrogens with zero attached hydrogens (tertiary/aromatic N) is 3. The van der Waals surface area contributed by atoms with E-state index in [4.69, 9.17) is 5.11 Å². The minimum atomic E-state index is -0.915. The van der Waals surface area contributed by atoms with E-state index < -0.39 is 5.97 Å². The summed E-state index contributed by atoms with van der Waals surface area (Å²) >= 11 is 0. The molecule has 1 aromatic rings. The summed E-state index contributed by atoms with van der Waals surface area (Å²) in [6.07, 6.45) is -0.0689. The minimum Gasteiger partial charge on any atom is -0.481 e. The summed E-state index contributed by atoms with van der Waals surface area (Å²) in [5.74, 6) is -1.10. The fourth-order valence-electron chi connectivity index (χ4n) is 1.85. The number of aryl methyl sites for hydroxylation is 2. The van der Waals surface area contributed by atoms with Crippen molar-refractivity contribution in [1.82, 2.24) is 14.7 Å². The lowest BCUT2D eigenvalue weighted by atomic mass is 10.1. The molecule has 0 saturated heterocycles. The van der Waals surface area contributed by atoms with Crippen LogP contribution in [0.1, 0.15) is 35.1 Å². The van der Waals surface area contributed by atoms with Crippen LogP contribution >= 0.6 is 0 Å². The van der Waals surface area contributed by atoms with Gasteiger partial charge in [0.05, 0.1) is 17.7 Å². The van der Waals surface area contributed by atoms with Gasteiger partial charge in [0.25, 0.3) is 5.91 Å². The van der Waals surface area contributed by atoms with E-state index in [1.807, 2.05) is 6.92 Å². The molecule has 0 radical (unpaired) electrons. The van der Waals surface area contributed by atoms with E-state index in [1.165, 1.54) is 4.90 Å². The summed E-state index contributed by atoms with van der Waals surface area (Å²) in [4.78, 5) is 24.4. The number of aromatic nitrogens is 2. The Hall–Kier alpha value is -1.85. The number of carboxylic acids is 1. The molecule has 0 saturated carbocycles. The van der Waals surface area contributed by atoms with Crippen molar-refractivity contribution in [1.29, 1.82) is 0 Å². The smallest absolute Gasteiger partial charge is 0.305 e. The molecule has 0 aliphatic heterocycles. The number of carbonyl (C=O) groups excluding carboxylic acids is 1. The summed E-state index contributed by atoms with van der Waals surface area (Å²) in [7, 11) is 3.39. The van der Waals surface area contributed by atoms with Gasteiger partial charge in [-0.1, -0.05) is 0 Å².